The van der Waals surface area contributed by atoms with Gasteiger partial charge in [0.2, 0.25) is 0 Å². The maximum atomic E-state index is 11.9. The molecule has 8 unspecified atom stereocenters. The van der Waals surface area contributed by atoms with Gasteiger partial charge in [0.15, 0.2) is 6.29 Å². The molecule has 7 nitrogen and oxygen atoms in total. The van der Waals surface area contributed by atoms with E-state index in [4.69, 9.17) is 9.47 Å². The highest BCUT2D eigenvalue weighted by Gasteiger charge is 2.45. The van der Waals surface area contributed by atoms with Crippen LogP contribution in [0.1, 0.15) is 53.4 Å². The fraction of sp³-hybridized carbons (Fsp3) is 0.947. The lowest BCUT2D eigenvalue weighted by Crippen LogP contribution is -2.59. The van der Waals surface area contributed by atoms with Gasteiger partial charge in [-0.1, -0.05) is 20.8 Å². The van der Waals surface area contributed by atoms with Crippen LogP contribution in [0.3, 0.4) is 0 Å². The lowest BCUT2D eigenvalue weighted by molar-refractivity contribution is -0.310. The second-order valence-corrected chi connectivity index (χ2v) is 8.71. The molecule has 0 aromatic rings. The van der Waals surface area contributed by atoms with Crippen molar-refractivity contribution in [2.75, 3.05) is 6.61 Å². The Morgan fingerprint density at radius 2 is 1.88 bits per heavy atom. The number of rotatable bonds is 6. The highest BCUT2D eigenvalue weighted by atomic mass is 16.7. The standard InChI is InChI=1S/C19H34O7/c1-10-7-12(21)8-19(3,4)13(10)6-5-11(2)25-18-17(24)16(23)15(22)14(9-20)26-18/h10-11,13-18,20,22-24H,5-9H2,1-4H3. The molecule has 2 rings (SSSR count). The van der Waals surface area contributed by atoms with Crippen molar-refractivity contribution in [3.63, 3.8) is 0 Å². The number of hydrogen-bond acceptors (Lipinski definition) is 7. The van der Waals surface area contributed by atoms with Crippen LogP contribution in [0.15, 0.2) is 0 Å². The molecule has 1 aliphatic carbocycles. The number of Topliss-reactive ketones (excluding diaryl/α,β-unsaturated/α-hetero) is 1. The quantitative estimate of drug-likeness (QED) is 0.538. The van der Waals surface area contributed by atoms with E-state index in [1.165, 1.54) is 0 Å². The molecule has 2 aliphatic rings. The Morgan fingerprint density at radius 1 is 1.23 bits per heavy atom. The van der Waals surface area contributed by atoms with Gasteiger partial charge in [-0.25, -0.2) is 0 Å². The van der Waals surface area contributed by atoms with Crippen LogP contribution >= 0.6 is 0 Å². The van der Waals surface area contributed by atoms with E-state index in [1.807, 2.05) is 6.92 Å². The SMILES string of the molecule is CC(CCC1C(C)CC(=O)CC1(C)C)OC1OC(CO)C(O)C(O)C1O. The summed E-state index contributed by atoms with van der Waals surface area (Å²) in [5.41, 5.74) is -0.0440. The molecule has 0 aromatic heterocycles. The van der Waals surface area contributed by atoms with Crippen LogP contribution in [0.5, 0.6) is 0 Å². The first kappa shape index (κ1) is 21.7. The van der Waals surface area contributed by atoms with E-state index < -0.39 is 37.3 Å². The summed E-state index contributed by atoms with van der Waals surface area (Å²) in [6.45, 7) is 7.78. The third kappa shape index (κ3) is 4.82. The van der Waals surface area contributed by atoms with E-state index in [1.54, 1.807) is 0 Å². The summed E-state index contributed by atoms with van der Waals surface area (Å²) in [6, 6.07) is 0. The lowest BCUT2D eigenvalue weighted by Gasteiger charge is -2.43. The third-order valence-corrected chi connectivity index (χ3v) is 5.99. The summed E-state index contributed by atoms with van der Waals surface area (Å²) < 4.78 is 11.1. The molecule has 0 bridgehead atoms. The Kier molecular flexibility index (Phi) is 7.21. The highest BCUT2D eigenvalue weighted by Crippen LogP contribution is 2.45. The van der Waals surface area contributed by atoms with Gasteiger partial charge in [-0.05, 0) is 37.0 Å². The van der Waals surface area contributed by atoms with Crippen molar-refractivity contribution in [1.29, 1.82) is 0 Å². The average molecular weight is 374 g/mol. The molecule has 1 aliphatic heterocycles. The van der Waals surface area contributed by atoms with Crippen molar-refractivity contribution in [2.24, 2.45) is 17.3 Å². The topological polar surface area (TPSA) is 116 Å². The molecule has 2 fully saturated rings. The van der Waals surface area contributed by atoms with Gasteiger partial charge in [0.05, 0.1) is 12.7 Å². The minimum Gasteiger partial charge on any atom is -0.394 e. The van der Waals surface area contributed by atoms with E-state index in [9.17, 15) is 25.2 Å². The van der Waals surface area contributed by atoms with Crippen molar-refractivity contribution >= 4 is 5.78 Å². The fourth-order valence-corrected chi connectivity index (χ4v) is 4.55. The van der Waals surface area contributed by atoms with Gasteiger partial charge in [-0.2, -0.15) is 0 Å². The van der Waals surface area contributed by atoms with E-state index in [-0.39, 0.29) is 11.5 Å². The van der Waals surface area contributed by atoms with Crippen LogP contribution in [0, 0.1) is 17.3 Å². The summed E-state index contributed by atoms with van der Waals surface area (Å²) in [7, 11) is 0. The first-order valence-corrected chi connectivity index (χ1v) is 9.54. The van der Waals surface area contributed by atoms with Gasteiger partial charge < -0.3 is 29.9 Å². The largest absolute Gasteiger partial charge is 0.394 e. The van der Waals surface area contributed by atoms with Crippen molar-refractivity contribution in [1.82, 2.24) is 0 Å². The number of carbonyl (C=O) groups excluding carboxylic acids is 1. The molecule has 1 saturated heterocycles. The number of hydrogen-bond donors (Lipinski definition) is 4. The zero-order chi connectivity index (χ0) is 19.6. The molecule has 0 aromatic carbocycles. The van der Waals surface area contributed by atoms with Crippen molar-refractivity contribution < 1.29 is 34.7 Å². The number of ether oxygens (including phenoxy) is 2. The van der Waals surface area contributed by atoms with Crippen molar-refractivity contribution in [3.05, 3.63) is 0 Å². The minimum absolute atomic E-state index is 0.0440. The van der Waals surface area contributed by atoms with Crippen LogP contribution in [0.2, 0.25) is 0 Å². The van der Waals surface area contributed by atoms with Crippen LogP contribution in [-0.2, 0) is 14.3 Å². The number of carbonyl (C=O) groups is 1. The molecule has 4 N–H and O–H groups in total. The Labute approximate surface area is 155 Å². The Balaban J connectivity index is 1.90. The summed E-state index contributed by atoms with van der Waals surface area (Å²) >= 11 is 0. The molecule has 26 heavy (non-hydrogen) atoms. The van der Waals surface area contributed by atoms with E-state index >= 15 is 0 Å². The summed E-state index contributed by atoms with van der Waals surface area (Å²) in [4.78, 5) is 11.9. The average Bonchev–Trinajstić information content (AvgIpc) is 2.53. The minimum atomic E-state index is -1.43. The predicted molar refractivity (Wildman–Crippen MR) is 94.2 cm³/mol. The van der Waals surface area contributed by atoms with Crippen molar-refractivity contribution in [2.45, 2.75) is 90.2 Å². The summed E-state index contributed by atoms with van der Waals surface area (Å²) in [5.74, 6) is 1.05. The van der Waals surface area contributed by atoms with Gasteiger partial charge in [-0.15, -0.1) is 0 Å². The molecule has 1 saturated carbocycles. The molecular weight excluding hydrogens is 340 g/mol. The first-order valence-electron chi connectivity index (χ1n) is 9.54. The molecule has 8 atom stereocenters. The summed E-state index contributed by atoms with van der Waals surface area (Å²) in [6.07, 6.45) is -3.65. The third-order valence-electron chi connectivity index (χ3n) is 5.99. The lowest BCUT2D eigenvalue weighted by atomic mass is 9.62. The monoisotopic (exact) mass is 374 g/mol. The van der Waals surface area contributed by atoms with Gasteiger partial charge >= 0.3 is 0 Å². The zero-order valence-corrected chi connectivity index (χ0v) is 16.2. The van der Waals surface area contributed by atoms with E-state index in [2.05, 4.69) is 20.8 Å². The van der Waals surface area contributed by atoms with E-state index in [0.29, 0.717) is 30.5 Å². The molecule has 0 amide bonds. The Morgan fingerprint density at radius 3 is 2.46 bits per heavy atom. The Hall–Kier alpha value is -0.570. The molecule has 1 heterocycles. The molecule has 0 radical (unpaired) electrons. The van der Waals surface area contributed by atoms with Gasteiger partial charge in [0.1, 0.15) is 30.2 Å². The molecule has 152 valence electrons. The number of aliphatic hydroxyl groups is 4. The molecule has 0 spiro atoms. The van der Waals surface area contributed by atoms with Crippen LogP contribution in [-0.4, -0.2) is 69.6 Å². The number of ketones is 1. The van der Waals surface area contributed by atoms with Crippen LogP contribution in [0.4, 0.5) is 0 Å². The molecule has 7 heteroatoms. The second kappa shape index (κ2) is 8.63. The van der Waals surface area contributed by atoms with Gasteiger partial charge in [0, 0.05) is 12.8 Å². The predicted octanol–water partition coefficient (Wildman–Crippen LogP) is 0.613. The maximum Gasteiger partial charge on any atom is 0.186 e. The number of aliphatic hydroxyl groups excluding tert-OH is 4. The van der Waals surface area contributed by atoms with Crippen molar-refractivity contribution in [3.8, 4) is 0 Å². The normalized spacial score (nSPS) is 41.8. The molecular formula is C19H34O7. The Bertz CT molecular complexity index is 479. The summed E-state index contributed by atoms with van der Waals surface area (Å²) in [5, 5.41) is 39.0. The van der Waals surface area contributed by atoms with Crippen LogP contribution in [0.25, 0.3) is 0 Å². The smallest absolute Gasteiger partial charge is 0.186 e. The van der Waals surface area contributed by atoms with Gasteiger partial charge in [-0.3, -0.25) is 4.79 Å². The zero-order valence-electron chi connectivity index (χ0n) is 16.2. The van der Waals surface area contributed by atoms with Crippen LogP contribution < -0.4 is 0 Å². The second-order valence-electron chi connectivity index (χ2n) is 8.71. The first-order chi connectivity index (χ1) is 12.1. The van der Waals surface area contributed by atoms with Gasteiger partial charge in [0.25, 0.3) is 0 Å². The fourth-order valence-electron chi connectivity index (χ4n) is 4.55. The van der Waals surface area contributed by atoms with E-state index in [0.717, 1.165) is 12.8 Å². The maximum absolute atomic E-state index is 11.9. The highest BCUT2D eigenvalue weighted by molar-refractivity contribution is 5.80.